The molecule has 0 heterocycles. The van der Waals surface area contributed by atoms with Crippen LogP contribution in [0, 0.1) is 13.8 Å². The Labute approximate surface area is 212 Å². The van der Waals surface area contributed by atoms with Gasteiger partial charge in [-0.1, -0.05) is 24.3 Å². The highest BCUT2D eigenvalue weighted by molar-refractivity contribution is 7.86. The van der Waals surface area contributed by atoms with Crippen LogP contribution in [0.1, 0.15) is 11.1 Å². The number of hydrogen-bond acceptors (Lipinski definition) is 9. The highest BCUT2D eigenvalue weighted by Gasteiger charge is 2.19. The fourth-order valence-corrected chi connectivity index (χ4v) is 4.82. The molecule has 0 aliphatic rings. The van der Waals surface area contributed by atoms with Crippen molar-refractivity contribution in [1.82, 2.24) is 0 Å². The summed E-state index contributed by atoms with van der Waals surface area (Å²) < 4.78 is 65.0. The Morgan fingerprint density at radius 1 is 0.622 bits per heavy atom. The Morgan fingerprint density at radius 2 is 1.19 bits per heavy atom. The van der Waals surface area contributed by atoms with Gasteiger partial charge in [0.05, 0.1) is 22.0 Å². The molecule has 37 heavy (non-hydrogen) atoms. The van der Waals surface area contributed by atoms with Gasteiger partial charge in [0.2, 0.25) is 0 Å². The Balaban J connectivity index is 1.63. The molecular weight excluding hydrogens is 520 g/mol. The zero-order valence-corrected chi connectivity index (χ0v) is 21.1. The Kier molecular flexibility index (Phi) is 6.88. The number of phenolic OH excluding ortho intramolecular Hbond substituents is 1. The second-order valence-corrected chi connectivity index (χ2v) is 10.9. The summed E-state index contributed by atoms with van der Waals surface area (Å²) in [4.78, 5) is -0.641. The van der Waals surface area contributed by atoms with Crippen molar-refractivity contribution in [2.75, 3.05) is 0 Å². The summed E-state index contributed by atoms with van der Waals surface area (Å²) in [5.74, 6) is -0.287. The van der Waals surface area contributed by atoms with Crippen molar-refractivity contribution in [3.63, 3.8) is 0 Å². The highest BCUT2D eigenvalue weighted by atomic mass is 32.2. The summed E-state index contributed by atoms with van der Waals surface area (Å²) >= 11 is 0. The van der Waals surface area contributed by atoms with Crippen molar-refractivity contribution in [1.29, 1.82) is 0 Å². The van der Waals surface area contributed by atoms with Gasteiger partial charge in [-0.3, -0.25) is 9.11 Å². The van der Waals surface area contributed by atoms with Gasteiger partial charge in [-0.2, -0.15) is 32.2 Å². The van der Waals surface area contributed by atoms with Crippen LogP contribution < -0.4 is 0 Å². The molecule has 0 unspecified atom stereocenters. The summed E-state index contributed by atoms with van der Waals surface area (Å²) in [5.41, 5.74) is 2.30. The van der Waals surface area contributed by atoms with Gasteiger partial charge in [0.1, 0.15) is 10.6 Å². The van der Waals surface area contributed by atoms with E-state index in [4.69, 9.17) is 4.55 Å². The first-order valence-corrected chi connectivity index (χ1v) is 13.5. The summed E-state index contributed by atoms with van der Waals surface area (Å²) in [5, 5.41) is 27.3. The molecule has 0 amide bonds. The molecule has 0 atom stereocenters. The van der Waals surface area contributed by atoms with Gasteiger partial charge in [-0.15, -0.1) is 5.11 Å². The highest BCUT2D eigenvalue weighted by Crippen LogP contribution is 2.40. The SMILES string of the molecule is Cc1cc(S(=O)(=O)O)ccc1N=Nc1ccc(N=Nc2cc(S(=O)(=O)O)c3ccccc3c2O)c(C)c1. The number of aryl methyl sites for hydroxylation is 2. The molecule has 190 valence electrons. The average molecular weight is 541 g/mol. The van der Waals surface area contributed by atoms with E-state index in [9.17, 15) is 26.5 Å². The maximum absolute atomic E-state index is 11.9. The van der Waals surface area contributed by atoms with E-state index in [-0.39, 0.29) is 27.1 Å². The molecule has 0 aromatic heterocycles. The van der Waals surface area contributed by atoms with Crippen LogP contribution >= 0.6 is 0 Å². The van der Waals surface area contributed by atoms with E-state index in [1.165, 1.54) is 30.3 Å². The monoisotopic (exact) mass is 540 g/mol. The van der Waals surface area contributed by atoms with E-state index in [0.717, 1.165) is 6.07 Å². The van der Waals surface area contributed by atoms with Gasteiger partial charge < -0.3 is 5.11 Å². The van der Waals surface area contributed by atoms with Crippen molar-refractivity contribution in [3.8, 4) is 5.75 Å². The largest absolute Gasteiger partial charge is 0.505 e. The smallest absolute Gasteiger partial charge is 0.295 e. The lowest BCUT2D eigenvalue weighted by Gasteiger charge is -2.08. The topological polar surface area (TPSA) is 178 Å². The standard InChI is InChI=1S/C24H20N4O7S2/c1-14-11-16(25-26-21-10-8-17(12-15(21)2)36(30,31)32)7-9-20(14)27-28-22-13-23(37(33,34)35)18-5-3-4-6-19(18)24(22)29/h3-13,29H,1-2H3,(H,30,31,32)(H,33,34,35). The minimum absolute atomic E-state index is 0.140. The number of hydrogen-bond donors (Lipinski definition) is 3. The molecule has 0 radical (unpaired) electrons. The molecular formula is C24H20N4O7S2. The van der Waals surface area contributed by atoms with Crippen LogP contribution in [0.3, 0.4) is 0 Å². The van der Waals surface area contributed by atoms with Crippen molar-refractivity contribution in [2.45, 2.75) is 23.6 Å². The zero-order chi connectivity index (χ0) is 27.0. The normalized spacial score (nSPS) is 12.6. The van der Waals surface area contributed by atoms with E-state index in [2.05, 4.69) is 20.5 Å². The third kappa shape index (κ3) is 5.70. The van der Waals surface area contributed by atoms with E-state index in [0.29, 0.717) is 28.2 Å². The van der Waals surface area contributed by atoms with Crippen molar-refractivity contribution in [3.05, 3.63) is 77.9 Å². The van der Waals surface area contributed by atoms with Gasteiger partial charge in [0, 0.05) is 10.8 Å². The third-order valence-electron chi connectivity index (χ3n) is 5.42. The number of benzene rings is 4. The number of azo groups is 2. The van der Waals surface area contributed by atoms with Crippen LogP contribution in [0.4, 0.5) is 22.7 Å². The van der Waals surface area contributed by atoms with Crippen LogP contribution in [-0.4, -0.2) is 31.0 Å². The number of phenols is 1. The molecule has 0 bridgehead atoms. The molecule has 3 N–H and O–H groups in total. The molecule has 13 heteroatoms. The molecule has 4 aromatic carbocycles. The molecule has 11 nitrogen and oxygen atoms in total. The van der Waals surface area contributed by atoms with Gasteiger partial charge >= 0.3 is 0 Å². The van der Waals surface area contributed by atoms with E-state index in [1.54, 1.807) is 44.2 Å². The number of rotatable bonds is 6. The second kappa shape index (κ2) is 9.78. The molecule has 0 aliphatic carbocycles. The predicted octanol–water partition coefficient (Wildman–Crippen LogP) is 6.49. The van der Waals surface area contributed by atoms with Gasteiger partial charge in [-0.25, -0.2) is 0 Å². The maximum Gasteiger partial charge on any atom is 0.295 e. The molecule has 4 aromatic rings. The lowest BCUT2D eigenvalue weighted by atomic mass is 10.1. The fourth-order valence-electron chi connectivity index (χ4n) is 3.54. The molecule has 0 fully saturated rings. The quantitative estimate of drug-likeness (QED) is 0.185. The maximum atomic E-state index is 11.9. The van der Waals surface area contributed by atoms with Crippen molar-refractivity contribution in [2.24, 2.45) is 20.5 Å². The fraction of sp³-hybridized carbons (Fsp3) is 0.0833. The molecule has 0 saturated carbocycles. The molecule has 0 saturated heterocycles. The first kappa shape index (κ1) is 26.0. The van der Waals surface area contributed by atoms with Crippen LogP contribution in [-0.2, 0) is 20.2 Å². The van der Waals surface area contributed by atoms with E-state index >= 15 is 0 Å². The summed E-state index contributed by atoms with van der Waals surface area (Å²) in [6.07, 6.45) is 0. The average Bonchev–Trinajstić information content (AvgIpc) is 2.82. The third-order valence-corrected chi connectivity index (χ3v) is 7.16. The Morgan fingerprint density at radius 3 is 1.78 bits per heavy atom. The lowest BCUT2D eigenvalue weighted by Crippen LogP contribution is -1.99. The van der Waals surface area contributed by atoms with Crippen LogP contribution in [0.5, 0.6) is 5.75 Å². The Hall–Kier alpha value is -4.04. The second-order valence-electron chi connectivity index (χ2n) is 8.06. The van der Waals surface area contributed by atoms with E-state index in [1.807, 2.05) is 0 Å². The van der Waals surface area contributed by atoms with Crippen LogP contribution in [0.2, 0.25) is 0 Å². The van der Waals surface area contributed by atoms with Crippen molar-refractivity contribution < 1.29 is 31.0 Å². The number of nitrogens with zero attached hydrogens (tertiary/aromatic N) is 4. The zero-order valence-electron chi connectivity index (χ0n) is 19.4. The molecule has 0 aliphatic heterocycles. The van der Waals surface area contributed by atoms with Crippen LogP contribution in [0.25, 0.3) is 10.8 Å². The summed E-state index contributed by atoms with van der Waals surface area (Å²) in [6.45, 7) is 3.37. The Bertz CT molecular complexity index is 1820. The first-order chi connectivity index (χ1) is 17.3. The predicted molar refractivity (Wildman–Crippen MR) is 136 cm³/mol. The summed E-state index contributed by atoms with van der Waals surface area (Å²) in [7, 11) is -8.90. The summed E-state index contributed by atoms with van der Waals surface area (Å²) in [6, 6.07) is 16.0. The lowest BCUT2D eigenvalue weighted by molar-refractivity contribution is 0.478. The first-order valence-electron chi connectivity index (χ1n) is 10.6. The molecule has 0 spiro atoms. The van der Waals surface area contributed by atoms with Crippen molar-refractivity contribution >= 4 is 53.8 Å². The van der Waals surface area contributed by atoms with Gasteiger partial charge in [0.15, 0.2) is 5.75 Å². The number of aromatic hydroxyl groups is 1. The minimum Gasteiger partial charge on any atom is -0.505 e. The number of fused-ring (bicyclic) bond motifs is 1. The van der Waals surface area contributed by atoms with Gasteiger partial charge in [-0.05, 0) is 67.4 Å². The van der Waals surface area contributed by atoms with Crippen LogP contribution in [0.15, 0.2) is 97.0 Å². The van der Waals surface area contributed by atoms with Gasteiger partial charge in [0.25, 0.3) is 20.2 Å². The molecule has 4 rings (SSSR count). The van der Waals surface area contributed by atoms with E-state index < -0.39 is 25.1 Å². The minimum atomic E-state index is -4.59.